The van der Waals surface area contributed by atoms with Crippen LogP contribution in [0.1, 0.15) is 11.5 Å². The van der Waals surface area contributed by atoms with Crippen molar-refractivity contribution < 1.29 is 18.7 Å². The number of cyclic esters (lactones) is 1. The van der Waals surface area contributed by atoms with E-state index < -0.39 is 8.32 Å². The van der Waals surface area contributed by atoms with Crippen LogP contribution in [0.5, 0.6) is 5.75 Å². The van der Waals surface area contributed by atoms with Crippen LogP contribution < -0.4 is 4.74 Å². The minimum atomic E-state index is -1.77. The largest absolute Gasteiger partial charge is 0.520 e. The molecule has 0 fully saturated rings. The van der Waals surface area contributed by atoms with E-state index in [2.05, 4.69) is 19.6 Å². The summed E-state index contributed by atoms with van der Waals surface area (Å²) >= 11 is 0. The summed E-state index contributed by atoms with van der Waals surface area (Å²) in [4.78, 5) is 11.3. The highest BCUT2D eigenvalue weighted by molar-refractivity contribution is 6.70. The molecule has 2 unspecified atom stereocenters. The Morgan fingerprint density at radius 1 is 1.19 bits per heavy atom. The summed E-state index contributed by atoms with van der Waals surface area (Å²) in [6, 6.07) is 7.77. The molecule has 2 atom stereocenters. The lowest BCUT2D eigenvalue weighted by atomic mass is 9.91. The van der Waals surface area contributed by atoms with E-state index in [0.717, 1.165) is 11.3 Å². The summed E-state index contributed by atoms with van der Waals surface area (Å²) in [5, 5.41) is 0. The third kappa shape index (κ3) is 3.02. The molecule has 0 N–H and O–H groups in total. The smallest absolute Gasteiger partial charge is 0.331 e. The van der Waals surface area contributed by atoms with Gasteiger partial charge in [0.2, 0.25) is 8.32 Å². The maximum Gasteiger partial charge on any atom is 0.331 e. The Morgan fingerprint density at radius 3 is 2.62 bits per heavy atom. The van der Waals surface area contributed by atoms with Crippen LogP contribution in [0.2, 0.25) is 19.6 Å². The molecule has 5 heteroatoms. The molecule has 0 saturated heterocycles. The SMILES string of the molecule is C[Si](C)(C)OC1=CC(C2C=CC(=O)O2)c2ccccc2O1. The van der Waals surface area contributed by atoms with Gasteiger partial charge in [0.05, 0.1) is 5.92 Å². The maximum atomic E-state index is 11.3. The molecule has 2 aliphatic rings. The highest BCUT2D eigenvalue weighted by atomic mass is 28.4. The van der Waals surface area contributed by atoms with E-state index >= 15 is 0 Å². The van der Waals surface area contributed by atoms with Crippen molar-refractivity contribution in [3.05, 3.63) is 54.0 Å². The molecule has 0 spiro atoms. The highest BCUT2D eigenvalue weighted by Gasteiger charge is 2.33. The fourth-order valence-electron chi connectivity index (χ4n) is 2.44. The van der Waals surface area contributed by atoms with Gasteiger partial charge in [-0.05, 0) is 31.8 Å². The molecule has 0 aromatic heterocycles. The number of carbonyl (C=O) groups is 1. The van der Waals surface area contributed by atoms with Gasteiger partial charge >= 0.3 is 5.97 Å². The van der Waals surface area contributed by atoms with E-state index in [1.54, 1.807) is 6.08 Å². The molecule has 0 aliphatic carbocycles. The summed E-state index contributed by atoms with van der Waals surface area (Å²) in [6.45, 7) is 6.30. The molecule has 21 heavy (non-hydrogen) atoms. The Labute approximate surface area is 125 Å². The molecule has 0 radical (unpaired) electrons. The van der Waals surface area contributed by atoms with Crippen molar-refractivity contribution in [2.75, 3.05) is 0 Å². The minimum Gasteiger partial charge on any atom is -0.520 e. The lowest BCUT2D eigenvalue weighted by Gasteiger charge is -2.30. The maximum absolute atomic E-state index is 11.3. The second-order valence-corrected chi connectivity index (χ2v) is 10.6. The highest BCUT2D eigenvalue weighted by Crippen LogP contribution is 2.39. The second kappa shape index (κ2) is 5.07. The van der Waals surface area contributed by atoms with Crippen LogP contribution in [0.4, 0.5) is 0 Å². The molecule has 2 heterocycles. The van der Waals surface area contributed by atoms with E-state index in [4.69, 9.17) is 13.9 Å². The average molecular weight is 302 g/mol. The van der Waals surface area contributed by atoms with Gasteiger partial charge in [-0.3, -0.25) is 0 Å². The number of carbonyl (C=O) groups excluding carboxylic acids is 1. The number of rotatable bonds is 3. The number of ether oxygens (including phenoxy) is 2. The predicted molar refractivity (Wildman–Crippen MR) is 81.3 cm³/mol. The average Bonchev–Trinajstić information content (AvgIpc) is 2.82. The Balaban J connectivity index is 1.95. The Hall–Kier alpha value is -2.01. The fraction of sp³-hybridized carbons (Fsp3) is 0.312. The fourth-order valence-corrected chi connectivity index (χ4v) is 3.15. The van der Waals surface area contributed by atoms with Crippen LogP contribution in [0.25, 0.3) is 0 Å². The lowest BCUT2D eigenvalue weighted by molar-refractivity contribution is -0.139. The first-order chi connectivity index (χ1) is 9.92. The number of benzene rings is 1. The molecule has 1 aromatic rings. The van der Waals surface area contributed by atoms with Crippen LogP contribution >= 0.6 is 0 Å². The van der Waals surface area contributed by atoms with Crippen molar-refractivity contribution >= 4 is 14.3 Å². The van der Waals surface area contributed by atoms with E-state index in [0.29, 0.717) is 5.95 Å². The van der Waals surface area contributed by atoms with E-state index in [1.807, 2.05) is 30.3 Å². The predicted octanol–water partition coefficient (Wildman–Crippen LogP) is 3.34. The van der Waals surface area contributed by atoms with E-state index in [1.165, 1.54) is 6.08 Å². The van der Waals surface area contributed by atoms with Crippen molar-refractivity contribution in [3.63, 3.8) is 0 Å². The Morgan fingerprint density at radius 2 is 1.95 bits per heavy atom. The van der Waals surface area contributed by atoms with Crippen molar-refractivity contribution in [2.24, 2.45) is 0 Å². The molecule has 2 aliphatic heterocycles. The summed E-state index contributed by atoms with van der Waals surface area (Å²) in [6.07, 6.45) is 4.87. The zero-order chi connectivity index (χ0) is 15.0. The van der Waals surface area contributed by atoms with Crippen LogP contribution in [0.15, 0.2) is 48.4 Å². The zero-order valence-electron chi connectivity index (χ0n) is 12.3. The van der Waals surface area contributed by atoms with Gasteiger partial charge in [-0.15, -0.1) is 0 Å². The van der Waals surface area contributed by atoms with E-state index in [9.17, 15) is 4.79 Å². The molecule has 1 aromatic carbocycles. The van der Waals surface area contributed by atoms with Gasteiger partial charge in [-0.25, -0.2) is 4.79 Å². The summed E-state index contributed by atoms with van der Waals surface area (Å²) in [7, 11) is -1.77. The number of hydrogen-bond acceptors (Lipinski definition) is 4. The topological polar surface area (TPSA) is 44.8 Å². The van der Waals surface area contributed by atoms with Gasteiger partial charge < -0.3 is 13.9 Å². The van der Waals surface area contributed by atoms with Crippen molar-refractivity contribution in [1.82, 2.24) is 0 Å². The summed E-state index contributed by atoms with van der Waals surface area (Å²) in [5.41, 5.74) is 1.00. The molecule has 0 bridgehead atoms. The Kier molecular flexibility index (Phi) is 3.37. The molecule has 110 valence electrons. The van der Waals surface area contributed by atoms with Gasteiger partial charge in [0.25, 0.3) is 5.95 Å². The third-order valence-corrected chi connectivity index (χ3v) is 4.05. The van der Waals surface area contributed by atoms with Gasteiger partial charge in [0, 0.05) is 17.7 Å². The third-order valence-electron chi connectivity index (χ3n) is 3.24. The van der Waals surface area contributed by atoms with Crippen LogP contribution in [-0.4, -0.2) is 20.4 Å². The van der Waals surface area contributed by atoms with Gasteiger partial charge in [-0.1, -0.05) is 18.2 Å². The standard InChI is InChI=1S/C16H18O4Si/c1-21(2,3)20-16-10-12(14-8-9-15(17)18-14)11-6-4-5-7-13(11)19-16/h4-10,12,14H,1-3H3. The molecule has 0 saturated carbocycles. The number of hydrogen-bond donors (Lipinski definition) is 0. The first kappa shape index (κ1) is 13.9. The molecule has 3 rings (SSSR count). The zero-order valence-corrected chi connectivity index (χ0v) is 13.3. The number of fused-ring (bicyclic) bond motifs is 1. The summed E-state index contributed by atoms with van der Waals surface area (Å²) in [5.74, 6) is 0.887. The van der Waals surface area contributed by atoms with Gasteiger partial charge in [0.15, 0.2) is 0 Å². The monoisotopic (exact) mass is 302 g/mol. The lowest BCUT2D eigenvalue weighted by Crippen LogP contribution is -2.29. The Bertz CT molecular complexity index is 627. The molecular weight excluding hydrogens is 284 g/mol. The first-order valence-electron chi connectivity index (χ1n) is 6.99. The van der Waals surface area contributed by atoms with Crippen LogP contribution in [-0.2, 0) is 14.0 Å². The minimum absolute atomic E-state index is 0.0796. The van der Waals surface area contributed by atoms with Crippen LogP contribution in [0, 0.1) is 0 Å². The number of para-hydroxylation sites is 1. The van der Waals surface area contributed by atoms with Crippen LogP contribution in [0.3, 0.4) is 0 Å². The molecular formula is C16H18O4Si. The van der Waals surface area contributed by atoms with Crippen molar-refractivity contribution in [1.29, 1.82) is 0 Å². The van der Waals surface area contributed by atoms with Gasteiger partial charge in [-0.2, -0.15) is 0 Å². The number of esters is 1. The molecule has 4 nitrogen and oxygen atoms in total. The van der Waals surface area contributed by atoms with Crippen molar-refractivity contribution in [3.8, 4) is 5.75 Å². The quantitative estimate of drug-likeness (QED) is 0.634. The van der Waals surface area contributed by atoms with E-state index in [-0.39, 0.29) is 18.0 Å². The summed E-state index contributed by atoms with van der Waals surface area (Å²) < 4.78 is 17.1. The normalized spacial score (nSPS) is 24.0. The van der Waals surface area contributed by atoms with Crippen molar-refractivity contribution in [2.45, 2.75) is 31.7 Å². The second-order valence-electron chi connectivity index (χ2n) is 6.13. The van der Waals surface area contributed by atoms with Gasteiger partial charge in [0.1, 0.15) is 11.9 Å². The first-order valence-corrected chi connectivity index (χ1v) is 10.4. The molecule has 0 amide bonds.